The Kier molecular flexibility index (Phi) is 3.26. The Morgan fingerprint density at radius 1 is 1.00 bits per heavy atom. The Morgan fingerprint density at radius 2 is 1.65 bits per heavy atom. The monoisotopic (exact) mass is 298 g/mol. The van der Waals surface area contributed by atoms with Crippen LogP contribution in [0.3, 0.4) is 0 Å². The smallest absolute Gasteiger partial charge is 0.0794 e. The van der Waals surface area contributed by atoms with E-state index in [2.05, 4.69) is 63.8 Å². The van der Waals surface area contributed by atoms with Crippen molar-refractivity contribution in [2.45, 2.75) is 39.9 Å². The number of rotatable bonds is 2. The third-order valence-corrected chi connectivity index (χ3v) is 7.61. The van der Waals surface area contributed by atoms with Crippen LogP contribution in [0.15, 0.2) is 35.9 Å². The van der Waals surface area contributed by atoms with Crippen LogP contribution in [-0.4, -0.2) is 8.07 Å². The molecule has 104 valence electrons. The summed E-state index contributed by atoms with van der Waals surface area (Å²) in [5.74, 6) is 0. The fourth-order valence-corrected chi connectivity index (χ4v) is 7.97. The highest BCUT2D eigenvalue weighted by Crippen LogP contribution is 2.48. The molecule has 0 nitrogen and oxygen atoms in total. The number of hydrogen-bond acceptors (Lipinski definition) is 1. The first-order valence-corrected chi connectivity index (χ1v) is 11.6. The minimum Gasteiger partial charge on any atom is -0.140 e. The summed E-state index contributed by atoms with van der Waals surface area (Å²) in [5.41, 5.74) is 6.08. The first-order valence-electron chi connectivity index (χ1n) is 7.28. The van der Waals surface area contributed by atoms with Crippen LogP contribution in [0.25, 0.3) is 16.3 Å². The summed E-state index contributed by atoms with van der Waals surface area (Å²) >= 11 is 2.01. The van der Waals surface area contributed by atoms with Gasteiger partial charge in [-0.2, -0.15) is 0 Å². The molecule has 0 spiro atoms. The van der Waals surface area contributed by atoms with Gasteiger partial charge in [0.2, 0.25) is 0 Å². The molecule has 1 aliphatic carbocycles. The second-order valence-corrected chi connectivity index (χ2v) is 13.0. The predicted octanol–water partition coefficient (Wildman–Crippen LogP) is 5.93. The quantitative estimate of drug-likeness (QED) is 0.603. The summed E-state index contributed by atoms with van der Waals surface area (Å²) in [6.07, 6.45) is 1.16. The molecule has 0 fully saturated rings. The maximum atomic E-state index is 2.47. The highest BCUT2D eigenvalue weighted by atomic mass is 32.1. The number of fused-ring (bicyclic) bond motifs is 1. The molecule has 0 unspecified atom stereocenters. The first kappa shape index (κ1) is 13.8. The van der Waals surface area contributed by atoms with E-state index in [-0.39, 0.29) is 0 Å². The molecule has 0 amide bonds. The Labute approximate surface area is 127 Å². The number of aryl methyl sites for hydroxylation is 1. The molecular formula is C18H22SSi. The van der Waals surface area contributed by atoms with Crippen molar-refractivity contribution in [2.24, 2.45) is 0 Å². The van der Waals surface area contributed by atoms with Gasteiger partial charge in [0.15, 0.2) is 0 Å². The molecular weight excluding hydrogens is 276 g/mol. The molecule has 0 saturated heterocycles. The highest BCUT2D eigenvalue weighted by Gasteiger charge is 2.33. The molecule has 1 aromatic carbocycles. The molecule has 0 saturated carbocycles. The molecule has 0 aliphatic heterocycles. The minimum atomic E-state index is -1.26. The molecule has 0 bridgehead atoms. The average Bonchev–Trinajstić information content (AvgIpc) is 2.81. The third-order valence-electron chi connectivity index (χ3n) is 4.09. The van der Waals surface area contributed by atoms with Crippen molar-refractivity contribution in [1.82, 2.24) is 0 Å². The standard InChI is InChI=1S/C18H22SSi/c1-12-11-15-16(14-9-7-6-8-10-14)13(2)19-17(15)18(12)20(3,4)5/h6-10H,11H2,1-5H3. The van der Waals surface area contributed by atoms with Gasteiger partial charge in [-0.3, -0.25) is 0 Å². The fraction of sp³-hybridized carbons (Fsp3) is 0.333. The number of thiophene rings is 1. The fourth-order valence-electron chi connectivity index (χ4n) is 3.47. The van der Waals surface area contributed by atoms with Crippen molar-refractivity contribution in [3.63, 3.8) is 0 Å². The summed E-state index contributed by atoms with van der Waals surface area (Å²) < 4.78 is 0. The Hall–Kier alpha value is -1.12. The van der Waals surface area contributed by atoms with E-state index < -0.39 is 8.07 Å². The van der Waals surface area contributed by atoms with E-state index in [0.717, 1.165) is 6.42 Å². The lowest BCUT2D eigenvalue weighted by atomic mass is 10.00. The predicted molar refractivity (Wildman–Crippen MR) is 94.1 cm³/mol. The van der Waals surface area contributed by atoms with Crippen LogP contribution in [0.5, 0.6) is 0 Å². The SMILES string of the molecule is CC1=C([Si](C)(C)C)c2sc(C)c(-c3ccccc3)c2C1. The molecule has 20 heavy (non-hydrogen) atoms. The van der Waals surface area contributed by atoms with Crippen LogP contribution in [-0.2, 0) is 6.42 Å². The summed E-state index contributed by atoms with van der Waals surface area (Å²) in [4.78, 5) is 3.07. The second-order valence-electron chi connectivity index (χ2n) is 6.79. The zero-order chi connectivity index (χ0) is 14.5. The van der Waals surface area contributed by atoms with Crippen molar-refractivity contribution >= 4 is 24.6 Å². The minimum absolute atomic E-state index is 1.16. The van der Waals surface area contributed by atoms with Crippen molar-refractivity contribution < 1.29 is 0 Å². The molecule has 2 heteroatoms. The van der Waals surface area contributed by atoms with Crippen molar-refractivity contribution in [3.05, 3.63) is 51.2 Å². The van der Waals surface area contributed by atoms with Gasteiger partial charge in [-0.1, -0.05) is 55.5 Å². The lowest BCUT2D eigenvalue weighted by Crippen LogP contribution is -2.22. The number of benzene rings is 1. The Balaban J connectivity index is 2.19. The van der Waals surface area contributed by atoms with Gasteiger partial charge < -0.3 is 0 Å². The topological polar surface area (TPSA) is 0 Å². The molecule has 0 atom stereocenters. The van der Waals surface area contributed by atoms with E-state index in [9.17, 15) is 0 Å². The molecule has 1 heterocycles. The zero-order valence-electron chi connectivity index (χ0n) is 13.0. The Morgan fingerprint density at radius 3 is 2.25 bits per heavy atom. The molecule has 1 aromatic heterocycles. The van der Waals surface area contributed by atoms with E-state index >= 15 is 0 Å². The summed E-state index contributed by atoms with van der Waals surface area (Å²) in [5, 5.41) is 1.71. The van der Waals surface area contributed by atoms with Crippen LogP contribution in [0, 0.1) is 6.92 Å². The van der Waals surface area contributed by atoms with E-state index in [1.54, 1.807) is 21.2 Å². The van der Waals surface area contributed by atoms with Crippen LogP contribution >= 0.6 is 11.3 Å². The first-order chi connectivity index (χ1) is 9.39. The zero-order valence-corrected chi connectivity index (χ0v) is 14.8. The van der Waals surface area contributed by atoms with Gasteiger partial charge >= 0.3 is 0 Å². The summed E-state index contributed by atoms with van der Waals surface area (Å²) in [6.45, 7) is 12.0. The third kappa shape index (κ3) is 2.11. The van der Waals surface area contributed by atoms with Crippen molar-refractivity contribution in [1.29, 1.82) is 0 Å². The van der Waals surface area contributed by atoms with Crippen molar-refractivity contribution in [2.75, 3.05) is 0 Å². The lowest BCUT2D eigenvalue weighted by molar-refractivity contribution is 1.20. The molecule has 2 aromatic rings. The van der Waals surface area contributed by atoms with Gasteiger partial charge in [-0.15, -0.1) is 11.3 Å². The maximum Gasteiger partial charge on any atom is 0.0794 e. The maximum absolute atomic E-state index is 2.47. The second kappa shape index (κ2) is 4.71. The molecule has 1 aliphatic rings. The number of hydrogen-bond donors (Lipinski definition) is 0. The number of allylic oxidation sites excluding steroid dienone is 1. The van der Waals surface area contributed by atoms with Gasteiger partial charge in [-0.25, -0.2) is 0 Å². The van der Waals surface area contributed by atoms with Gasteiger partial charge in [-0.05, 0) is 42.2 Å². The van der Waals surface area contributed by atoms with Crippen LogP contribution < -0.4 is 0 Å². The largest absolute Gasteiger partial charge is 0.140 e. The normalized spacial score (nSPS) is 14.8. The van der Waals surface area contributed by atoms with E-state index in [1.807, 2.05) is 11.3 Å². The molecule has 3 rings (SSSR count). The van der Waals surface area contributed by atoms with Gasteiger partial charge in [0.05, 0.1) is 8.07 Å². The van der Waals surface area contributed by atoms with E-state index in [4.69, 9.17) is 0 Å². The lowest BCUT2D eigenvalue weighted by Gasteiger charge is -2.19. The molecule has 0 radical (unpaired) electrons. The van der Waals surface area contributed by atoms with E-state index in [0.29, 0.717) is 0 Å². The van der Waals surface area contributed by atoms with Crippen molar-refractivity contribution in [3.8, 4) is 11.1 Å². The molecule has 0 N–H and O–H groups in total. The van der Waals surface area contributed by atoms with Crippen LogP contribution in [0.4, 0.5) is 0 Å². The van der Waals surface area contributed by atoms with E-state index in [1.165, 1.54) is 16.0 Å². The summed E-state index contributed by atoms with van der Waals surface area (Å²) in [7, 11) is -1.26. The van der Waals surface area contributed by atoms with Gasteiger partial charge in [0, 0.05) is 9.75 Å². The van der Waals surface area contributed by atoms with Gasteiger partial charge in [0.1, 0.15) is 0 Å². The van der Waals surface area contributed by atoms with Gasteiger partial charge in [0.25, 0.3) is 0 Å². The van der Waals surface area contributed by atoms with Crippen LogP contribution in [0.1, 0.15) is 22.2 Å². The summed E-state index contributed by atoms with van der Waals surface area (Å²) in [6, 6.07) is 10.9. The Bertz CT molecular complexity index is 684. The highest BCUT2D eigenvalue weighted by molar-refractivity contribution is 7.16. The van der Waals surface area contributed by atoms with Crippen LogP contribution in [0.2, 0.25) is 19.6 Å². The average molecular weight is 299 g/mol.